The first-order chi connectivity index (χ1) is 31.7. The Morgan fingerprint density at radius 3 is 2.21 bits per heavy atom. The van der Waals surface area contributed by atoms with Crippen LogP contribution < -0.4 is 21.5 Å². The number of aromatic nitrogens is 7. The van der Waals surface area contributed by atoms with Gasteiger partial charge in [-0.1, -0.05) is 19.1 Å². The van der Waals surface area contributed by atoms with Gasteiger partial charge in [0.15, 0.2) is 5.78 Å². The molecule has 21 heteroatoms. The van der Waals surface area contributed by atoms with E-state index in [-0.39, 0.29) is 48.8 Å². The molecule has 0 spiro atoms. The van der Waals surface area contributed by atoms with E-state index in [1.165, 1.54) is 30.2 Å². The fourth-order valence-electron chi connectivity index (χ4n) is 8.07. The maximum atomic E-state index is 13.9. The molecule has 0 saturated carbocycles. The second-order valence-electron chi connectivity index (χ2n) is 15.7. The number of hydrogen-bond donors (Lipinski definition) is 3. The van der Waals surface area contributed by atoms with Crippen LogP contribution in [0.25, 0.3) is 22.1 Å². The summed E-state index contributed by atoms with van der Waals surface area (Å²) in [4.78, 5) is 84.1. The molecule has 348 valence electrons. The van der Waals surface area contributed by atoms with E-state index < -0.39 is 11.8 Å². The van der Waals surface area contributed by atoms with Crippen molar-refractivity contribution in [2.24, 2.45) is 11.5 Å². The lowest BCUT2D eigenvalue weighted by molar-refractivity contribution is 0.0890. The van der Waals surface area contributed by atoms with Crippen molar-refractivity contribution in [2.75, 3.05) is 58.0 Å². The first-order valence-electron chi connectivity index (χ1n) is 21.6. The number of piperazine rings is 1. The largest absolute Gasteiger partial charge is 0.491 e. The number of thioether (sulfide) groups is 1. The van der Waals surface area contributed by atoms with Crippen LogP contribution in [0.1, 0.15) is 83.4 Å². The number of nitrogens with zero attached hydrogens (tertiary/aromatic N) is 9. The number of benzene rings is 2. The number of ketones is 1. The van der Waals surface area contributed by atoms with E-state index in [4.69, 9.17) is 30.9 Å². The Hall–Kier alpha value is -6.58. The van der Waals surface area contributed by atoms with Crippen molar-refractivity contribution in [1.29, 1.82) is 0 Å². The van der Waals surface area contributed by atoms with Gasteiger partial charge in [0.05, 0.1) is 53.1 Å². The second-order valence-corrected chi connectivity index (χ2v) is 17.7. The summed E-state index contributed by atoms with van der Waals surface area (Å²) >= 11 is 2.73. The van der Waals surface area contributed by atoms with Crippen molar-refractivity contribution in [3.8, 4) is 5.75 Å². The SMILES string of the molecule is CCc1nc(C)sc1C(=O)Nc1nc2cc(C(N)=O)cc(OCCCN3CCN(C(=O)OC)CC3)c2n1C/C=C/Cn1c(CC(=O)c2cc(C)nn2CC)nc2cc(C(N)=O)cc(SC)c21. The Bertz CT molecular complexity index is 2850. The summed E-state index contributed by atoms with van der Waals surface area (Å²) in [5, 5.41) is 8.23. The molecule has 19 nitrogen and oxygen atoms in total. The number of rotatable bonds is 19. The summed E-state index contributed by atoms with van der Waals surface area (Å²) in [6.07, 6.45) is 6.58. The van der Waals surface area contributed by atoms with Gasteiger partial charge in [0.2, 0.25) is 17.8 Å². The van der Waals surface area contributed by atoms with Crippen LogP contribution >= 0.6 is 23.1 Å². The van der Waals surface area contributed by atoms with Crippen LogP contribution in [0.2, 0.25) is 0 Å². The third-order valence-electron chi connectivity index (χ3n) is 11.3. The van der Waals surface area contributed by atoms with Crippen molar-refractivity contribution in [3.05, 3.63) is 86.4 Å². The van der Waals surface area contributed by atoms with Crippen LogP contribution in [-0.4, -0.2) is 126 Å². The maximum absolute atomic E-state index is 13.9. The molecule has 7 rings (SSSR count). The molecule has 0 radical (unpaired) electrons. The number of nitrogens with two attached hydrogens (primary N) is 2. The van der Waals surface area contributed by atoms with Crippen LogP contribution in [0.15, 0.2) is 47.4 Å². The Morgan fingerprint density at radius 1 is 0.879 bits per heavy atom. The van der Waals surface area contributed by atoms with Gasteiger partial charge in [0, 0.05) is 68.4 Å². The minimum absolute atomic E-state index is 0.0287. The summed E-state index contributed by atoms with van der Waals surface area (Å²) in [5.74, 6) is -0.716. The predicted molar refractivity (Wildman–Crippen MR) is 253 cm³/mol. The number of ether oxygens (including phenoxy) is 2. The van der Waals surface area contributed by atoms with Gasteiger partial charge in [0.1, 0.15) is 27.7 Å². The molecule has 0 unspecified atom stereocenters. The number of primary amides is 2. The van der Waals surface area contributed by atoms with E-state index in [9.17, 15) is 24.0 Å². The van der Waals surface area contributed by atoms with Crippen LogP contribution in [0.4, 0.5) is 10.7 Å². The average Bonchev–Trinajstić information content (AvgIpc) is 4.07. The van der Waals surface area contributed by atoms with Crippen molar-refractivity contribution < 1.29 is 33.4 Å². The average molecular weight is 939 g/mol. The highest BCUT2D eigenvalue weighted by molar-refractivity contribution is 7.98. The van der Waals surface area contributed by atoms with Gasteiger partial charge >= 0.3 is 6.09 Å². The Morgan fingerprint density at radius 2 is 1.56 bits per heavy atom. The molecule has 4 amide bonds. The Balaban J connectivity index is 1.22. The summed E-state index contributed by atoms with van der Waals surface area (Å²) < 4.78 is 16.7. The van der Waals surface area contributed by atoms with E-state index in [1.54, 1.807) is 39.9 Å². The lowest BCUT2D eigenvalue weighted by Crippen LogP contribution is -2.48. The van der Waals surface area contributed by atoms with Crippen molar-refractivity contribution in [3.63, 3.8) is 0 Å². The highest BCUT2D eigenvalue weighted by Crippen LogP contribution is 2.33. The molecule has 6 aromatic rings. The van der Waals surface area contributed by atoms with E-state index in [1.807, 2.05) is 55.2 Å². The number of carbonyl (C=O) groups excluding carboxylic acids is 5. The minimum Gasteiger partial charge on any atom is -0.491 e. The number of aryl methyl sites for hydroxylation is 4. The number of thiazole rings is 1. The molecule has 0 bridgehead atoms. The fraction of sp³-hybridized carbons (Fsp3) is 0.400. The summed E-state index contributed by atoms with van der Waals surface area (Å²) in [5.41, 5.74) is 16.1. The number of amides is 4. The summed E-state index contributed by atoms with van der Waals surface area (Å²) in [6.45, 7) is 12.1. The zero-order valence-electron chi connectivity index (χ0n) is 37.9. The van der Waals surface area contributed by atoms with E-state index in [0.29, 0.717) is 109 Å². The molecule has 4 aromatic heterocycles. The Kier molecular flexibility index (Phi) is 14.9. The van der Waals surface area contributed by atoms with Crippen LogP contribution in [0.5, 0.6) is 5.75 Å². The third kappa shape index (κ3) is 10.3. The topological polar surface area (TPSA) is 241 Å². The van der Waals surface area contributed by atoms with Gasteiger partial charge in [-0.25, -0.2) is 19.7 Å². The molecule has 5 heterocycles. The van der Waals surface area contributed by atoms with Gasteiger partial charge in [0.25, 0.3) is 5.91 Å². The first kappa shape index (κ1) is 47.4. The standard InChI is InChI=1S/C45H54N12O7S2/c1-7-30-40(66-27(4)48-30)43(61)51-44-50-31-21-28(41(46)59)23-35(64-19-11-12-53-15-17-54(18-16-53)45(62)63-5)38(31)56(44)14-10-9-13-55-37(25-34(58)33-20-26(3)52-57(33)8-2)49-32-22-29(42(47)60)24-36(65-6)39(32)55/h9-10,20-24H,7-8,11-19,25H2,1-6H3,(H2,46,59)(H2,47,60)(H,50,51,61)/b10-9+. The zero-order valence-corrected chi connectivity index (χ0v) is 39.5. The van der Waals surface area contributed by atoms with Crippen molar-refractivity contribution in [1.82, 2.24) is 43.7 Å². The van der Waals surface area contributed by atoms with E-state index in [0.717, 1.165) is 21.1 Å². The maximum Gasteiger partial charge on any atom is 0.409 e. The smallest absolute Gasteiger partial charge is 0.409 e. The van der Waals surface area contributed by atoms with Gasteiger partial charge in [-0.05, 0) is 70.2 Å². The number of methoxy groups -OCH3 is 1. The van der Waals surface area contributed by atoms with Crippen LogP contribution in [0, 0.1) is 13.8 Å². The van der Waals surface area contributed by atoms with Crippen molar-refractivity contribution >= 4 is 80.7 Å². The number of nitrogens with one attached hydrogen (secondary N) is 1. The van der Waals surface area contributed by atoms with Gasteiger partial charge in [-0.15, -0.1) is 23.1 Å². The molecule has 1 aliphatic rings. The van der Waals surface area contributed by atoms with Gasteiger partial charge < -0.3 is 35.0 Å². The normalized spacial score (nSPS) is 13.3. The fourth-order valence-corrected chi connectivity index (χ4v) is 9.62. The molecule has 1 aliphatic heterocycles. The molecule has 5 N–H and O–H groups in total. The monoisotopic (exact) mass is 938 g/mol. The molecule has 0 aliphatic carbocycles. The summed E-state index contributed by atoms with van der Waals surface area (Å²) in [6, 6.07) is 8.30. The lowest BCUT2D eigenvalue weighted by atomic mass is 10.1. The van der Waals surface area contributed by atoms with Crippen LogP contribution in [0.3, 0.4) is 0 Å². The molecule has 1 saturated heterocycles. The third-order valence-corrected chi connectivity index (χ3v) is 13.0. The molecular formula is C45H54N12O7S2. The number of imidazole rings is 2. The molecule has 2 aromatic carbocycles. The first-order valence-corrected chi connectivity index (χ1v) is 23.7. The van der Waals surface area contributed by atoms with E-state index in [2.05, 4.69) is 20.3 Å². The number of fused-ring (bicyclic) bond motifs is 2. The molecular weight excluding hydrogens is 885 g/mol. The lowest BCUT2D eigenvalue weighted by Gasteiger charge is -2.33. The quantitative estimate of drug-likeness (QED) is 0.0408. The molecule has 0 atom stereocenters. The molecule has 66 heavy (non-hydrogen) atoms. The second kappa shape index (κ2) is 20.7. The number of anilines is 1. The highest BCUT2D eigenvalue weighted by Gasteiger charge is 2.25. The minimum atomic E-state index is -0.665. The Labute approximate surface area is 389 Å². The molecule has 1 fully saturated rings. The number of hydrogen-bond acceptors (Lipinski definition) is 14. The van der Waals surface area contributed by atoms with E-state index >= 15 is 0 Å². The number of carbonyl (C=O) groups is 5. The highest BCUT2D eigenvalue weighted by atomic mass is 32.2. The van der Waals surface area contributed by atoms with Gasteiger partial charge in [-0.3, -0.25) is 34.1 Å². The van der Waals surface area contributed by atoms with Crippen LogP contribution in [-0.2, 0) is 37.2 Å². The zero-order chi connectivity index (χ0) is 47.2. The van der Waals surface area contributed by atoms with Crippen molar-refractivity contribution in [2.45, 2.75) is 71.5 Å². The number of Topliss-reactive ketones (excluding diaryl/α,β-unsaturated/α-hetero) is 1. The van der Waals surface area contributed by atoms with Gasteiger partial charge in [-0.2, -0.15) is 5.10 Å². The number of allylic oxidation sites excluding steroid dienone is 2. The predicted octanol–water partition coefficient (Wildman–Crippen LogP) is 5.24. The summed E-state index contributed by atoms with van der Waals surface area (Å²) in [7, 11) is 1.38.